The molecule has 28 heavy (non-hydrogen) atoms. The number of rotatable bonds is 9. The highest BCUT2D eigenvalue weighted by molar-refractivity contribution is 7.98. The van der Waals surface area contributed by atoms with Gasteiger partial charge in [0.05, 0.1) is 5.75 Å². The second-order valence-electron chi connectivity index (χ2n) is 6.29. The molecule has 144 valence electrons. The van der Waals surface area contributed by atoms with Crippen LogP contribution < -0.4 is 0 Å². The molecule has 4 rings (SSSR count). The van der Waals surface area contributed by atoms with Crippen molar-refractivity contribution in [1.29, 1.82) is 0 Å². The van der Waals surface area contributed by atoms with E-state index < -0.39 is 0 Å². The van der Waals surface area contributed by atoms with Gasteiger partial charge in [-0.1, -0.05) is 49.4 Å². The fraction of sp³-hybridized carbons (Fsp3) is 0.316. The predicted octanol–water partition coefficient (Wildman–Crippen LogP) is 4.00. The van der Waals surface area contributed by atoms with Crippen molar-refractivity contribution in [2.24, 2.45) is 0 Å². The molecule has 3 aromatic heterocycles. The molecule has 0 saturated heterocycles. The first-order chi connectivity index (χ1) is 13.8. The summed E-state index contributed by atoms with van der Waals surface area (Å²) in [4.78, 5) is 1.27. The molecule has 0 bridgehead atoms. The topological polar surface area (TPSA) is 74.3 Å². The normalized spacial score (nSPS) is 11.2. The molecule has 0 aliphatic rings. The smallest absolute Gasteiger partial charge is 0.196 e. The van der Waals surface area contributed by atoms with Crippen LogP contribution in [0.4, 0.5) is 0 Å². The van der Waals surface area contributed by atoms with Gasteiger partial charge in [-0.3, -0.25) is 4.57 Å². The van der Waals surface area contributed by atoms with Crippen LogP contribution in [0.5, 0.6) is 0 Å². The van der Waals surface area contributed by atoms with Gasteiger partial charge in [0.15, 0.2) is 11.0 Å². The molecule has 0 atom stereocenters. The summed E-state index contributed by atoms with van der Waals surface area (Å²) < 4.78 is 4.01. The van der Waals surface area contributed by atoms with Crippen molar-refractivity contribution in [3.8, 4) is 5.69 Å². The fourth-order valence-corrected chi connectivity index (χ4v) is 4.46. The van der Waals surface area contributed by atoms with E-state index in [1.54, 1.807) is 23.1 Å². The number of thiophene rings is 1. The van der Waals surface area contributed by atoms with Crippen molar-refractivity contribution in [2.45, 2.75) is 43.6 Å². The van der Waals surface area contributed by atoms with E-state index in [1.165, 1.54) is 4.88 Å². The molecule has 7 nitrogen and oxygen atoms in total. The second-order valence-corrected chi connectivity index (χ2v) is 8.26. The molecule has 3 heterocycles. The van der Waals surface area contributed by atoms with E-state index in [0.717, 1.165) is 48.3 Å². The van der Waals surface area contributed by atoms with Crippen LogP contribution >= 0.6 is 23.1 Å². The maximum atomic E-state index is 4.48. The molecule has 0 aliphatic heterocycles. The molecule has 0 N–H and O–H groups in total. The SMILES string of the molecule is CCCCn1nnnc1CSc1nnc(Cc2cccs2)n1-c1ccccc1. The van der Waals surface area contributed by atoms with Crippen LogP contribution in [0.2, 0.25) is 0 Å². The summed E-state index contributed by atoms with van der Waals surface area (Å²) in [5.74, 6) is 2.45. The van der Waals surface area contributed by atoms with E-state index in [0.29, 0.717) is 5.75 Å². The van der Waals surface area contributed by atoms with Crippen LogP contribution in [-0.2, 0) is 18.7 Å². The number of aryl methyl sites for hydroxylation is 1. The monoisotopic (exact) mass is 411 g/mol. The molecule has 1 aromatic carbocycles. The number of aromatic nitrogens is 7. The summed E-state index contributed by atoms with van der Waals surface area (Å²) in [6, 6.07) is 14.4. The minimum absolute atomic E-state index is 0.653. The van der Waals surface area contributed by atoms with Crippen LogP contribution in [-0.4, -0.2) is 35.0 Å². The fourth-order valence-electron chi connectivity index (χ4n) is 2.85. The highest BCUT2D eigenvalue weighted by Gasteiger charge is 2.17. The number of para-hydroxylation sites is 1. The highest BCUT2D eigenvalue weighted by atomic mass is 32.2. The molecule has 9 heteroatoms. The lowest BCUT2D eigenvalue weighted by atomic mass is 10.3. The maximum absolute atomic E-state index is 4.48. The van der Waals surface area contributed by atoms with Crippen LogP contribution in [0.1, 0.15) is 36.3 Å². The molecule has 4 aromatic rings. The number of tetrazole rings is 1. The first kappa shape index (κ1) is 18.8. The summed E-state index contributed by atoms with van der Waals surface area (Å²) in [7, 11) is 0. The zero-order valence-electron chi connectivity index (χ0n) is 15.6. The molecule has 0 unspecified atom stereocenters. The van der Waals surface area contributed by atoms with Gasteiger partial charge in [0.25, 0.3) is 0 Å². The van der Waals surface area contributed by atoms with Gasteiger partial charge in [0.2, 0.25) is 0 Å². The van der Waals surface area contributed by atoms with E-state index in [-0.39, 0.29) is 0 Å². The Morgan fingerprint density at radius 3 is 2.68 bits per heavy atom. The summed E-state index contributed by atoms with van der Waals surface area (Å²) in [6.07, 6.45) is 2.93. The second kappa shape index (κ2) is 9.11. The molecule has 0 aliphatic carbocycles. The summed E-state index contributed by atoms with van der Waals surface area (Å²) in [5.41, 5.74) is 1.06. The Kier molecular flexibility index (Phi) is 6.13. The van der Waals surface area contributed by atoms with E-state index in [9.17, 15) is 0 Å². The Morgan fingerprint density at radius 1 is 1.00 bits per heavy atom. The van der Waals surface area contributed by atoms with E-state index in [1.807, 2.05) is 22.9 Å². The zero-order chi connectivity index (χ0) is 19.2. The zero-order valence-corrected chi connectivity index (χ0v) is 17.2. The third-order valence-corrected chi connectivity index (χ3v) is 6.09. The Labute approximate surface area is 171 Å². The number of hydrogen-bond donors (Lipinski definition) is 0. The molecule has 0 spiro atoms. The van der Waals surface area contributed by atoms with E-state index in [4.69, 9.17) is 0 Å². The van der Waals surface area contributed by atoms with Gasteiger partial charge in [-0.25, -0.2) is 4.68 Å². The molecular formula is C19H21N7S2. The number of hydrogen-bond acceptors (Lipinski definition) is 7. The lowest BCUT2D eigenvalue weighted by Gasteiger charge is -2.10. The summed E-state index contributed by atoms with van der Waals surface area (Å²) in [5, 5.41) is 24.0. The van der Waals surface area contributed by atoms with E-state index >= 15 is 0 Å². The molecule has 0 amide bonds. The first-order valence-electron chi connectivity index (χ1n) is 9.25. The van der Waals surface area contributed by atoms with Crippen molar-refractivity contribution >= 4 is 23.1 Å². The quantitative estimate of drug-likeness (QED) is 0.388. The standard InChI is InChI=1S/C19H21N7S2/c1-2-3-11-25-18(21-23-24-25)14-28-19-22-20-17(13-16-10-7-12-27-16)26(19)15-8-5-4-6-9-15/h4-10,12H,2-3,11,13-14H2,1H3. The van der Waals surface area contributed by atoms with Crippen molar-refractivity contribution in [3.05, 3.63) is 64.4 Å². The first-order valence-corrected chi connectivity index (χ1v) is 11.1. The Bertz CT molecular complexity index is 993. The highest BCUT2D eigenvalue weighted by Crippen LogP contribution is 2.26. The number of nitrogens with zero attached hydrogens (tertiary/aromatic N) is 7. The number of unbranched alkanes of at least 4 members (excludes halogenated alkanes) is 1. The van der Waals surface area contributed by atoms with Gasteiger partial charge >= 0.3 is 0 Å². The summed E-state index contributed by atoms with van der Waals surface area (Å²) in [6.45, 7) is 3.00. The maximum Gasteiger partial charge on any atom is 0.196 e. The summed E-state index contributed by atoms with van der Waals surface area (Å²) >= 11 is 3.34. The van der Waals surface area contributed by atoms with Crippen molar-refractivity contribution in [3.63, 3.8) is 0 Å². The minimum atomic E-state index is 0.653. The molecule has 0 radical (unpaired) electrons. The van der Waals surface area contributed by atoms with Gasteiger partial charge in [-0.05, 0) is 40.4 Å². The van der Waals surface area contributed by atoms with Crippen LogP contribution in [0, 0.1) is 0 Å². The molecule has 0 fully saturated rings. The minimum Gasteiger partial charge on any atom is -0.274 e. The van der Waals surface area contributed by atoms with Crippen LogP contribution in [0.3, 0.4) is 0 Å². The van der Waals surface area contributed by atoms with Gasteiger partial charge in [-0.15, -0.1) is 26.6 Å². The Morgan fingerprint density at radius 2 is 1.89 bits per heavy atom. The Hall–Kier alpha value is -2.52. The van der Waals surface area contributed by atoms with Crippen molar-refractivity contribution in [1.82, 2.24) is 35.0 Å². The van der Waals surface area contributed by atoms with Crippen LogP contribution in [0.15, 0.2) is 53.0 Å². The third-order valence-electron chi connectivity index (χ3n) is 4.29. The van der Waals surface area contributed by atoms with Crippen LogP contribution in [0.25, 0.3) is 5.69 Å². The van der Waals surface area contributed by atoms with Gasteiger partial charge in [0.1, 0.15) is 5.82 Å². The van der Waals surface area contributed by atoms with Gasteiger partial charge < -0.3 is 0 Å². The van der Waals surface area contributed by atoms with Crippen molar-refractivity contribution < 1.29 is 0 Å². The lowest BCUT2D eigenvalue weighted by molar-refractivity contribution is 0.540. The average molecular weight is 412 g/mol. The predicted molar refractivity (Wildman–Crippen MR) is 111 cm³/mol. The largest absolute Gasteiger partial charge is 0.274 e. The molecular weight excluding hydrogens is 390 g/mol. The Balaban J connectivity index is 1.58. The average Bonchev–Trinajstić information content (AvgIpc) is 3.47. The number of thioether (sulfide) groups is 1. The van der Waals surface area contributed by atoms with Gasteiger partial charge in [0, 0.05) is 23.5 Å². The molecule has 0 saturated carbocycles. The van der Waals surface area contributed by atoms with Crippen molar-refractivity contribution in [2.75, 3.05) is 0 Å². The van der Waals surface area contributed by atoms with Gasteiger partial charge in [-0.2, -0.15) is 0 Å². The lowest BCUT2D eigenvalue weighted by Crippen LogP contribution is -2.06. The van der Waals surface area contributed by atoms with E-state index in [2.05, 4.69) is 66.9 Å². The number of benzene rings is 1. The third kappa shape index (κ3) is 4.31.